The van der Waals surface area contributed by atoms with Gasteiger partial charge >= 0.3 is 0 Å². The number of hydrogen-bond donors (Lipinski definition) is 0. The normalized spacial score (nSPS) is 14.2. The lowest BCUT2D eigenvalue weighted by atomic mass is 10.2. The summed E-state index contributed by atoms with van der Waals surface area (Å²) in [6.45, 7) is 0. The van der Waals surface area contributed by atoms with Crippen LogP contribution >= 0.6 is 23.4 Å². The van der Waals surface area contributed by atoms with Crippen LogP contribution in [0.15, 0.2) is 23.1 Å². The number of aromatic nitrogens is 1. The van der Waals surface area contributed by atoms with E-state index < -0.39 is 0 Å². The average Bonchev–Trinajstić information content (AvgIpc) is 2.65. The summed E-state index contributed by atoms with van der Waals surface area (Å²) >= 11 is 2.97. The molecule has 4 heteroatoms. The molecule has 0 bridgehead atoms. The van der Waals surface area contributed by atoms with Gasteiger partial charge in [-0.15, -0.1) is 11.3 Å². The van der Waals surface area contributed by atoms with E-state index in [9.17, 15) is 0 Å². The van der Waals surface area contributed by atoms with E-state index in [-0.39, 0.29) is 0 Å². The van der Waals surface area contributed by atoms with Gasteiger partial charge in [-0.2, -0.15) is 0 Å². The molecule has 1 aliphatic rings. The fraction of sp³-hybridized carbons (Fsp3) is 0. The number of thiazole rings is 1. The SMILES string of the molecule is C1=Cc2ccc3ncsc3c2OS1. The summed E-state index contributed by atoms with van der Waals surface area (Å²) in [4.78, 5) is 4.23. The van der Waals surface area contributed by atoms with Crippen LogP contribution in [0.1, 0.15) is 5.56 Å². The minimum Gasteiger partial charge on any atom is -0.419 e. The fourth-order valence-electron chi connectivity index (χ4n) is 1.31. The molecule has 0 N–H and O–H groups in total. The molecule has 2 nitrogen and oxygen atoms in total. The zero-order valence-electron chi connectivity index (χ0n) is 6.56. The Morgan fingerprint density at radius 2 is 2.31 bits per heavy atom. The topological polar surface area (TPSA) is 22.1 Å². The Morgan fingerprint density at radius 1 is 1.31 bits per heavy atom. The first-order chi connectivity index (χ1) is 6.45. The first kappa shape index (κ1) is 7.41. The first-order valence-corrected chi connectivity index (χ1v) is 5.50. The predicted molar refractivity (Wildman–Crippen MR) is 56.9 cm³/mol. The summed E-state index contributed by atoms with van der Waals surface area (Å²) in [7, 11) is 0. The van der Waals surface area contributed by atoms with Gasteiger partial charge in [-0.25, -0.2) is 4.98 Å². The molecular formula is C9H5NOS2. The van der Waals surface area contributed by atoms with Crippen molar-refractivity contribution in [3.63, 3.8) is 0 Å². The molecule has 0 spiro atoms. The van der Waals surface area contributed by atoms with Crippen molar-refractivity contribution in [3.05, 3.63) is 28.6 Å². The van der Waals surface area contributed by atoms with E-state index in [4.69, 9.17) is 4.18 Å². The summed E-state index contributed by atoms with van der Waals surface area (Å²) in [6, 6.07) is 4.06. The minimum atomic E-state index is 0.951. The lowest BCUT2D eigenvalue weighted by Crippen LogP contribution is -1.88. The molecule has 0 saturated heterocycles. The molecule has 0 radical (unpaired) electrons. The maximum absolute atomic E-state index is 5.50. The second kappa shape index (κ2) is 2.75. The van der Waals surface area contributed by atoms with E-state index in [2.05, 4.69) is 11.1 Å². The van der Waals surface area contributed by atoms with E-state index >= 15 is 0 Å². The molecule has 0 saturated carbocycles. The quantitative estimate of drug-likeness (QED) is 0.619. The van der Waals surface area contributed by atoms with E-state index in [1.165, 1.54) is 12.0 Å². The summed E-state index contributed by atoms with van der Waals surface area (Å²) in [5.41, 5.74) is 3.99. The third kappa shape index (κ3) is 1.06. The van der Waals surface area contributed by atoms with Gasteiger partial charge in [-0.1, -0.05) is 0 Å². The van der Waals surface area contributed by atoms with Gasteiger partial charge in [0.2, 0.25) is 0 Å². The van der Waals surface area contributed by atoms with Crippen LogP contribution in [0.25, 0.3) is 16.3 Å². The zero-order valence-corrected chi connectivity index (χ0v) is 8.19. The molecule has 1 aromatic carbocycles. The van der Waals surface area contributed by atoms with E-state index in [0.29, 0.717) is 0 Å². The predicted octanol–water partition coefficient (Wildman–Crippen LogP) is 3.31. The lowest BCUT2D eigenvalue weighted by molar-refractivity contribution is 0.657. The summed E-state index contributed by atoms with van der Waals surface area (Å²) in [5.74, 6) is 0.951. The van der Waals surface area contributed by atoms with Crippen LogP contribution < -0.4 is 4.18 Å². The van der Waals surface area contributed by atoms with Crippen molar-refractivity contribution in [1.82, 2.24) is 4.98 Å². The van der Waals surface area contributed by atoms with Crippen molar-refractivity contribution >= 4 is 39.7 Å². The Bertz CT molecular complexity index is 489. The molecule has 0 atom stereocenters. The van der Waals surface area contributed by atoms with E-state index in [1.54, 1.807) is 11.3 Å². The first-order valence-electron chi connectivity index (χ1n) is 3.81. The van der Waals surface area contributed by atoms with Crippen LogP contribution in [0.2, 0.25) is 0 Å². The summed E-state index contributed by atoms with van der Waals surface area (Å²) in [5, 5.41) is 1.94. The highest BCUT2D eigenvalue weighted by molar-refractivity contribution is 7.98. The molecule has 0 fully saturated rings. The van der Waals surface area contributed by atoms with Crippen LogP contribution in [-0.2, 0) is 0 Å². The molecule has 64 valence electrons. The van der Waals surface area contributed by atoms with Gasteiger partial charge in [0.1, 0.15) is 0 Å². The van der Waals surface area contributed by atoms with Crippen molar-refractivity contribution in [2.24, 2.45) is 0 Å². The van der Waals surface area contributed by atoms with Crippen LogP contribution in [-0.4, -0.2) is 4.98 Å². The monoisotopic (exact) mass is 207 g/mol. The molecule has 3 rings (SSSR count). The van der Waals surface area contributed by atoms with Crippen LogP contribution in [0, 0.1) is 0 Å². The van der Waals surface area contributed by atoms with E-state index in [1.807, 2.05) is 23.1 Å². The van der Waals surface area contributed by atoms with Gasteiger partial charge in [-0.3, -0.25) is 0 Å². The minimum absolute atomic E-state index is 0.951. The highest BCUT2D eigenvalue weighted by Gasteiger charge is 2.12. The highest BCUT2D eigenvalue weighted by atomic mass is 32.2. The van der Waals surface area contributed by atoms with Gasteiger partial charge in [0.25, 0.3) is 0 Å². The second-order valence-corrected chi connectivity index (χ2v) is 4.15. The summed E-state index contributed by atoms with van der Waals surface area (Å²) < 4.78 is 6.63. The fourth-order valence-corrected chi connectivity index (χ4v) is 2.68. The number of rotatable bonds is 0. The van der Waals surface area contributed by atoms with Gasteiger partial charge in [0.05, 0.1) is 27.8 Å². The zero-order chi connectivity index (χ0) is 8.67. The Labute approximate surface area is 83.5 Å². The molecule has 2 aromatic rings. The molecule has 13 heavy (non-hydrogen) atoms. The van der Waals surface area contributed by atoms with Crippen LogP contribution in [0.5, 0.6) is 5.75 Å². The Kier molecular flexibility index (Phi) is 1.57. The Morgan fingerprint density at radius 3 is 3.31 bits per heavy atom. The van der Waals surface area contributed by atoms with E-state index in [0.717, 1.165) is 21.5 Å². The Balaban J connectivity index is 2.42. The lowest BCUT2D eigenvalue weighted by Gasteiger charge is -2.09. The smallest absolute Gasteiger partial charge is 0.164 e. The molecule has 0 aliphatic carbocycles. The van der Waals surface area contributed by atoms with Crippen molar-refractivity contribution in [3.8, 4) is 5.75 Å². The highest BCUT2D eigenvalue weighted by Crippen LogP contribution is 2.38. The van der Waals surface area contributed by atoms with Gasteiger partial charge < -0.3 is 4.18 Å². The molecule has 0 amide bonds. The molecule has 2 heterocycles. The van der Waals surface area contributed by atoms with Crippen molar-refractivity contribution < 1.29 is 4.18 Å². The van der Waals surface area contributed by atoms with Crippen LogP contribution in [0.4, 0.5) is 0 Å². The number of benzene rings is 1. The standard InChI is InChI=1S/C9H5NOS2/c1-2-7-9(12-5-10-7)8-6(1)3-4-13-11-8/h1-5H. The van der Waals surface area contributed by atoms with Gasteiger partial charge in [0, 0.05) is 11.0 Å². The van der Waals surface area contributed by atoms with Gasteiger partial charge in [-0.05, 0) is 18.2 Å². The molecular weight excluding hydrogens is 202 g/mol. The summed E-state index contributed by atoms with van der Waals surface area (Å²) in [6.07, 6.45) is 2.06. The second-order valence-electron chi connectivity index (χ2n) is 2.67. The average molecular weight is 207 g/mol. The molecule has 0 unspecified atom stereocenters. The third-order valence-corrected chi connectivity index (χ3v) is 3.27. The number of fused-ring (bicyclic) bond motifs is 3. The molecule has 1 aliphatic heterocycles. The maximum Gasteiger partial charge on any atom is 0.164 e. The van der Waals surface area contributed by atoms with Crippen molar-refractivity contribution in [1.29, 1.82) is 0 Å². The van der Waals surface area contributed by atoms with Crippen LogP contribution in [0.3, 0.4) is 0 Å². The largest absolute Gasteiger partial charge is 0.419 e. The van der Waals surface area contributed by atoms with Crippen molar-refractivity contribution in [2.75, 3.05) is 0 Å². The Hall–Kier alpha value is -1.000. The van der Waals surface area contributed by atoms with Crippen molar-refractivity contribution in [2.45, 2.75) is 0 Å². The maximum atomic E-state index is 5.50. The third-order valence-electron chi connectivity index (χ3n) is 1.92. The molecule has 1 aromatic heterocycles. The number of hydrogen-bond acceptors (Lipinski definition) is 4. The van der Waals surface area contributed by atoms with Gasteiger partial charge in [0.15, 0.2) is 5.75 Å². The number of nitrogens with zero attached hydrogens (tertiary/aromatic N) is 1.